The van der Waals surface area contributed by atoms with Crippen molar-refractivity contribution in [1.82, 2.24) is 25.0 Å². The average molecular weight is 361 g/mol. The van der Waals surface area contributed by atoms with Crippen LogP contribution in [0.2, 0.25) is 0 Å². The van der Waals surface area contributed by atoms with Crippen LogP contribution in [0.25, 0.3) is 11.3 Å². The Hall–Kier alpha value is -2.50. The molecule has 5 heteroatoms. The number of hydrogen-bond donors (Lipinski definition) is 1. The Morgan fingerprint density at radius 3 is 2.63 bits per heavy atom. The molecule has 1 aliphatic rings. The van der Waals surface area contributed by atoms with Crippen LogP contribution >= 0.6 is 0 Å². The number of pyridine rings is 1. The fourth-order valence-corrected chi connectivity index (χ4v) is 3.66. The van der Waals surface area contributed by atoms with Crippen molar-refractivity contribution in [3.05, 3.63) is 72.2 Å². The molecule has 0 bridgehead atoms. The maximum absolute atomic E-state index is 4.88. The van der Waals surface area contributed by atoms with Crippen LogP contribution in [0.1, 0.15) is 24.0 Å². The minimum Gasteiger partial charge on any atom is -0.310 e. The van der Waals surface area contributed by atoms with Crippen molar-refractivity contribution in [2.75, 3.05) is 20.1 Å². The molecule has 140 valence electrons. The zero-order chi connectivity index (χ0) is 18.5. The van der Waals surface area contributed by atoms with Crippen molar-refractivity contribution in [2.45, 2.75) is 32.0 Å². The highest BCUT2D eigenvalue weighted by Crippen LogP contribution is 2.22. The van der Waals surface area contributed by atoms with E-state index in [1.165, 1.54) is 37.1 Å². The van der Waals surface area contributed by atoms with E-state index >= 15 is 0 Å². The Labute approximate surface area is 161 Å². The van der Waals surface area contributed by atoms with Gasteiger partial charge in [-0.05, 0) is 50.7 Å². The summed E-state index contributed by atoms with van der Waals surface area (Å²) >= 11 is 0. The largest absolute Gasteiger partial charge is 0.310 e. The molecular weight excluding hydrogens is 334 g/mol. The molecule has 0 spiro atoms. The third-order valence-electron chi connectivity index (χ3n) is 5.26. The quantitative estimate of drug-likeness (QED) is 0.732. The molecule has 5 nitrogen and oxygen atoms in total. The van der Waals surface area contributed by atoms with Gasteiger partial charge in [0.2, 0.25) is 0 Å². The Kier molecular flexibility index (Phi) is 5.61. The smallest absolute Gasteiger partial charge is 0.0983 e. The highest BCUT2D eigenvalue weighted by Gasteiger charge is 2.18. The molecule has 0 aliphatic carbocycles. The first kappa shape index (κ1) is 17.9. The highest BCUT2D eigenvalue weighted by atomic mass is 15.3. The molecule has 3 heterocycles. The van der Waals surface area contributed by atoms with E-state index in [1.54, 1.807) is 6.20 Å². The summed E-state index contributed by atoms with van der Waals surface area (Å²) in [6, 6.07) is 15.1. The molecule has 1 saturated heterocycles. The van der Waals surface area contributed by atoms with Crippen molar-refractivity contribution in [2.24, 2.45) is 0 Å². The fraction of sp³-hybridized carbons (Fsp3) is 0.364. The van der Waals surface area contributed by atoms with E-state index in [4.69, 9.17) is 5.10 Å². The van der Waals surface area contributed by atoms with Gasteiger partial charge in [-0.15, -0.1) is 0 Å². The van der Waals surface area contributed by atoms with Crippen LogP contribution in [0.5, 0.6) is 0 Å². The van der Waals surface area contributed by atoms with Crippen LogP contribution in [-0.2, 0) is 13.1 Å². The van der Waals surface area contributed by atoms with Crippen LogP contribution in [0.4, 0.5) is 0 Å². The SMILES string of the molecule is CN1CCC(NCc2cn(Cc3ccccc3)nc2-c2cccnc2)CC1. The predicted molar refractivity (Wildman–Crippen MR) is 108 cm³/mol. The molecule has 0 atom stereocenters. The van der Waals surface area contributed by atoms with E-state index in [-0.39, 0.29) is 0 Å². The average Bonchev–Trinajstić information content (AvgIpc) is 3.12. The van der Waals surface area contributed by atoms with E-state index in [0.29, 0.717) is 6.04 Å². The van der Waals surface area contributed by atoms with E-state index in [9.17, 15) is 0 Å². The van der Waals surface area contributed by atoms with E-state index in [2.05, 4.69) is 58.8 Å². The van der Waals surface area contributed by atoms with Gasteiger partial charge in [-0.25, -0.2) is 0 Å². The number of benzene rings is 1. The molecule has 1 fully saturated rings. The molecule has 1 N–H and O–H groups in total. The van der Waals surface area contributed by atoms with Gasteiger partial charge in [-0.3, -0.25) is 9.67 Å². The third kappa shape index (κ3) is 4.62. The second-order valence-corrected chi connectivity index (χ2v) is 7.39. The number of nitrogens with zero attached hydrogens (tertiary/aromatic N) is 4. The minimum atomic E-state index is 0.584. The lowest BCUT2D eigenvalue weighted by atomic mass is 10.0. The molecular formula is C22H27N5. The molecule has 1 aliphatic heterocycles. The second kappa shape index (κ2) is 8.46. The first-order chi connectivity index (χ1) is 13.3. The lowest BCUT2D eigenvalue weighted by Crippen LogP contribution is -2.40. The molecule has 2 aromatic heterocycles. The third-order valence-corrected chi connectivity index (χ3v) is 5.26. The Bertz CT molecular complexity index is 836. The van der Waals surface area contributed by atoms with Gasteiger partial charge in [0.15, 0.2) is 0 Å². The van der Waals surface area contributed by atoms with Gasteiger partial charge in [-0.1, -0.05) is 30.3 Å². The monoisotopic (exact) mass is 361 g/mol. The molecule has 4 rings (SSSR count). The predicted octanol–water partition coefficient (Wildman–Crippen LogP) is 3.18. The van der Waals surface area contributed by atoms with E-state index < -0.39 is 0 Å². The molecule has 3 aromatic rings. The number of rotatable bonds is 6. The van der Waals surface area contributed by atoms with Crippen molar-refractivity contribution < 1.29 is 0 Å². The molecule has 0 amide bonds. The van der Waals surface area contributed by atoms with Crippen LogP contribution in [0.3, 0.4) is 0 Å². The summed E-state index contributed by atoms with van der Waals surface area (Å²) in [7, 11) is 2.20. The van der Waals surface area contributed by atoms with Crippen molar-refractivity contribution >= 4 is 0 Å². The van der Waals surface area contributed by atoms with Crippen LogP contribution < -0.4 is 5.32 Å². The van der Waals surface area contributed by atoms with Gasteiger partial charge in [0.05, 0.1) is 12.2 Å². The van der Waals surface area contributed by atoms with Gasteiger partial charge in [-0.2, -0.15) is 5.10 Å². The number of likely N-dealkylation sites (tertiary alicyclic amines) is 1. The zero-order valence-corrected chi connectivity index (χ0v) is 15.9. The van der Waals surface area contributed by atoms with Gasteiger partial charge in [0.1, 0.15) is 0 Å². The van der Waals surface area contributed by atoms with Crippen LogP contribution in [0, 0.1) is 0 Å². The van der Waals surface area contributed by atoms with Crippen molar-refractivity contribution in [3.8, 4) is 11.3 Å². The fourth-order valence-electron chi connectivity index (χ4n) is 3.66. The molecule has 1 aromatic carbocycles. The molecule has 27 heavy (non-hydrogen) atoms. The Morgan fingerprint density at radius 2 is 1.89 bits per heavy atom. The maximum atomic E-state index is 4.88. The Morgan fingerprint density at radius 1 is 1.07 bits per heavy atom. The number of hydrogen-bond acceptors (Lipinski definition) is 4. The zero-order valence-electron chi connectivity index (χ0n) is 15.9. The van der Waals surface area contributed by atoms with Gasteiger partial charge >= 0.3 is 0 Å². The van der Waals surface area contributed by atoms with Crippen LogP contribution in [-0.4, -0.2) is 45.8 Å². The van der Waals surface area contributed by atoms with Gasteiger partial charge < -0.3 is 10.2 Å². The summed E-state index contributed by atoms with van der Waals surface area (Å²) in [5.41, 5.74) is 4.59. The summed E-state index contributed by atoms with van der Waals surface area (Å²) in [5, 5.41) is 8.63. The summed E-state index contributed by atoms with van der Waals surface area (Å²) in [6.07, 6.45) is 8.29. The Balaban J connectivity index is 1.53. The lowest BCUT2D eigenvalue weighted by Gasteiger charge is -2.29. The first-order valence-electron chi connectivity index (χ1n) is 9.70. The second-order valence-electron chi connectivity index (χ2n) is 7.39. The van der Waals surface area contributed by atoms with E-state index in [1.807, 2.05) is 23.0 Å². The molecule has 0 unspecified atom stereocenters. The molecule has 0 radical (unpaired) electrons. The topological polar surface area (TPSA) is 46.0 Å². The summed E-state index contributed by atoms with van der Waals surface area (Å²) < 4.78 is 2.04. The standard InChI is InChI=1S/C22H27N5/c1-26-12-9-21(10-13-26)24-15-20-17-27(16-18-6-3-2-4-7-18)25-22(20)19-8-5-11-23-14-19/h2-8,11,14,17,21,24H,9-10,12-13,15-16H2,1H3. The summed E-state index contributed by atoms with van der Waals surface area (Å²) in [5.74, 6) is 0. The van der Waals surface area contributed by atoms with Gasteiger partial charge in [0.25, 0.3) is 0 Å². The lowest BCUT2D eigenvalue weighted by molar-refractivity contribution is 0.234. The number of nitrogens with one attached hydrogen (secondary N) is 1. The van der Waals surface area contributed by atoms with Crippen LogP contribution in [0.15, 0.2) is 61.1 Å². The summed E-state index contributed by atoms with van der Waals surface area (Å²) in [4.78, 5) is 6.68. The maximum Gasteiger partial charge on any atom is 0.0983 e. The summed E-state index contributed by atoms with van der Waals surface area (Å²) in [6.45, 7) is 3.95. The van der Waals surface area contributed by atoms with Crippen molar-refractivity contribution in [3.63, 3.8) is 0 Å². The highest BCUT2D eigenvalue weighted by molar-refractivity contribution is 5.61. The molecule has 0 saturated carbocycles. The van der Waals surface area contributed by atoms with Crippen molar-refractivity contribution in [1.29, 1.82) is 0 Å². The minimum absolute atomic E-state index is 0.584. The first-order valence-corrected chi connectivity index (χ1v) is 9.70. The van der Waals surface area contributed by atoms with E-state index in [0.717, 1.165) is 24.3 Å². The number of aromatic nitrogens is 3. The normalized spacial score (nSPS) is 15.9. The van der Waals surface area contributed by atoms with Gasteiger partial charge in [0, 0.05) is 42.3 Å². The number of piperidine rings is 1.